The summed E-state index contributed by atoms with van der Waals surface area (Å²) in [5.74, 6) is -2.24. The fraction of sp³-hybridized carbons (Fsp3) is 0.0556. The Morgan fingerprint density at radius 1 is 0.525 bits per heavy atom. The number of anilines is 1. The molecule has 0 aliphatic rings. The molecule has 0 amide bonds. The Balaban J connectivity index is 0.00000331. The molecule has 0 atom stereocenters. The van der Waals surface area contributed by atoms with Gasteiger partial charge in [0.2, 0.25) is 0 Å². The Bertz CT molecular complexity index is 3120. The SMILES string of the molecule is Cc1cc(-c2ccc(N=Nc3c(S(=O)(=O)O)cc4cc(S(=O)(=O)O)c(N=Nc5ccc(S(=O)(=O)O)cc5)c([O-])c4c3N)c(C)c2)ccc1N=Nc1ccc([O-])cc1[O-].[Na+].[Na+].[Na+]. The summed E-state index contributed by atoms with van der Waals surface area (Å²) in [5, 5.41) is 59.7. The zero-order valence-electron chi connectivity index (χ0n) is 32.7. The largest absolute Gasteiger partial charge is 1.00 e. The van der Waals surface area contributed by atoms with Crippen LogP contribution < -0.4 is 110 Å². The summed E-state index contributed by atoms with van der Waals surface area (Å²) in [6.07, 6.45) is 0. The molecule has 298 valence electrons. The summed E-state index contributed by atoms with van der Waals surface area (Å²) in [6, 6.07) is 19.1. The number of nitrogen functional groups attached to an aromatic ring is 1. The maximum atomic E-state index is 13.8. The predicted octanol–water partition coefficient (Wildman–Crippen LogP) is -2.08. The van der Waals surface area contributed by atoms with E-state index in [0.29, 0.717) is 28.9 Å². The van der Waals surface area contributed by atoms with Crippen molar-refractivity contribution in [2.24, 2.45) is 30.7 Å². The summed E-state index contributed by atoms with van der Waals surface area (Å²) in [6.45, 7) is 3.46. The summed E-state index contributed by atoms with van der Waals surface area (Å²) < 4.78 is 102. The predicted molar refractivity (Wildman–Crippen MR) is 203 cm³/mol. The first-order chi connectivity index (χ1) is 27.1. The average molecular weight is 914 g/mol. The van der Waals surface area contributed by atoms with Gasteiger partial charge in [-0.25, -0.2) is 0 Å². The molecule has 61 heavy (non-hydrogen) atoms. The second kappa shape index (κ2) is 20.2. The van der Waals surface area contributed by atoms with Gasteiger partial charge in [0.15, 0.2) is 0 Å². The van der Waals surface area contributed by atoms with E-state index < -0.39 is 90.1 Å². The van der Waals surface area contributed by atoms with Crippen molar-refractivity contribution in [3.05, 3.63) is 102 Å². The van der Waals surface area contributed by atoms with Gasteiger partial charge in [0.1, 0.15) is 15.5 Å². The molecule has 6 rings (SSSR count). The van der Waals surface area contributed by atoms with Gasteiger partial charge in [-0.05, 0) is 108 Å². The molecule has 0 saturated heterocycles. The molecule has 0 fully saturated rings. The van der Waals surface area contributed by atoms with Crippen molar-refractivity contribution in [1.29, 1.82) is 0 Å². The van der Waals surface area contributed by atoms with E-state index in [0.717, 1.165) is 41.5 Å². The van der Waals surface area contributed by atoms with Crippen molar-refractivity contribution in [1.82, 2.24) is 0 Å². The van der Waals surface area contributed by atoms with Crippen molar-refractivity contribution in [3.8, 4) is 28.4 Å². The fourth-order valence-corrected chi connectivity index (χ4v) is 7.37. The van der Waals surface area contributed by atoms with Crippen LogP contribution in [0.1, 0.15) is 11.1 Å². The van der Waals surface area contributed by atoms with Gasteiger partial charge in [0, 0.05) is 5.39 Å². The number of azo groups is 3. The van der Waals surface area contributed by atoms with Gasteiger partial charge in [-0.15, -0.1) is 16.0 Å². The van der Waals surface area contributed by atoms with Gasteiger partial charge in [0.25, 0.3) is 30.4 Å². The van der Waals surface area contributed by atoms with E-state index in [1.54, 1.807) is 44.2 Å². The van der Waals surface area contributed by atoms with Gasteiger partial charge in [-0.3, -0.25) is 13.7 Å². The monoisotopic (exact) mass is 913 g/mol. The van der Waals surface area contributed by atoms with E-state index in [-0.39, 0.29) is 106 Å². The molecule has 0 spiro atoms. The first-order valence-corrected chi connectivity index (χ1v) is 20.5. The number of nitrogens with zero attached hydrogens (tertiary/aromatic N) is 6. The molecular formula is C36H26N7Na3O12S3. The van der Waals surface area contributed by atoms with Crippen LogP contribution in [0.25, 0.3) is 21.9 Å². The number of hydrogen-bond donors (Lipinski definition) is 4. The molecule has 0 saturated carbocycles. The van der Waals surface area contributed by atoms with E-state index in [4.69, 9.17) is 5.73 Å². The van der Waals surface area contributed by atoms with Gasteiger partial charge >= 0.3 is 88.7 Å². The molecule has 0 aliphatic heterocycles. The van der Waals surface area contributed by atoms with Crippen LogP contribution in [0.2, 0.25) is 0 Å². The number of benzene rings is 6. The Labute approximate surface area is 414 Å². The van der Waals surface area contributed by atoms with Crippen LogP contribution in [0, 0.1) is 13.8 Å². The molecule has 6 aromatic rings. The molecule has 0 aromatic heterocycles. The molecular weight excluding hydrogens is 888 g/mol. The molecule has 25 heteroatoms. The van der Waals surface area contributed by atoms with E-state index in [1.165, 1.54) is 12.1 Å². The summed E-state index contributed by atoms with van der Waals surface area (Å²) >= 11 is 0. The quantitative estimate of drug-likeness (QED) is 0.0497. The van der Waals surface area contributed by atoms with Gasteiger partial charge < -0.3 is 21.1 Å². The molecule has 5 N–H and O–H groups in total. The van der Waals surface area contributed by atoms with E-state index in [1.807, 2.05) is 6.07 Å². The first-order valence-electron chi connectivity index (χ1n) is 16.2. The molecule has 0 aliphatic carbocycles. The maximum Gasteiger partial charge on any atom is 1.00 e. The Morgan fingerprint density at radius 3 is 1.46 bits per heavy atom. The number of hydrogen-bond acceptors (Lipinski definition) is 16. The van der Waals surface area contributed by atoms with Crippen LogP contribution in [0.15, 0.2) is 136 Å². The van der Waals surface area contributed by atoms with E-state index in [2.05, 4.69) is 30.7 Å². The van der Waals surface area contributed by atoms with Crippen LogP contribution >= 0.6 is 0 Å². The minimum absolute atomic E-state index is 0. The van der Waals surface area contributed by atoms with Gasteiger partial charge in [-0.1, -0.05) is 35.8 Å². The fourth-order valence-electron chi connectivity index (χ4n) is 5.56. The Kier molecular flexibility index (Phi) is 17.1. The maximum absolute atomic E-state index is 13.8. The van der Waals surface area contributed by atoms with E-state index in [9.17, 15) is 54.2 Å². The normalized spacial score (nSPS) is 12.1. The average Bonchev–Trinajstić information content (AvgIpc) is 3.13. The van der Waals surface area contributed by atoms with Gasteiger partial charge in [0.05, 0.1) is 39.0 Å². The van der Waals surface area contributed by atoms with Crippen molar-refractivity contribution in [2.45, 2.75) is 28.5 Å². The van der Waals surface area contributed by atoms with Crippen molar-refractivity contribution in [2.75, 3.05) is 5.73 Å². The first kappa shape index (κ1) is 51.7. The standard InChI is InChI=1S/C36H29N7O12S3.3Na/c1-18-13-20(3-10-26(18)39-41-28-12-7-24(44)17-29(28)45)21-4-11-27(19(2)14-21)40-42-34-30(57(50,51)52)15-22-16-31(58(53,54)55)35(36(46)32(22)33(34)37)43-38-23-5-8-25(9-6-23)56(47,48)49;;;/h3-17,44-46H,37H2,1-2H3,(H,47,48,49)(H,50,51,52)(H,53,54,55);;;/q;3*+1/p-3. The molecule has 6 aromatic carbocycles. The number of rotatable bonds is 10. The van der Waals surface area contributed by atoms with Gasteiger partial charge in [-0.2, -0.15) is 45.7 Å². The minimum Gasteiger partial charge on any atom is -0.872 e. The van der Waals surface area contributed by atoms with Crippen molar-refractivity contribution < 1.29 is 143 Å². The van der Waals surface area contributed by atoms with Crippen molar-refractivity contribution in [3.63, 3.8) is 0 Å². The molecule has 0 bridgehead atoms. The number of nitrogens with two attached hydrogens (primary N) is 1. The van der Waals surface area contributed by atoms with E-state index >= 15 is 0 Å². The minimum atomic E-state index is -5.23. The third-order valence-electron chi connectivity index (χ3n) is 8.43. The van der Waals surface area contributed by atoms with Crippen LogP contribution in [-0.4, -0.2) is 38.9 Å². The Morgan fingerprint density at radius 2 is 0.984 bits per heavy atom. The summed E-state index contributed by atoms with van der Waals surface area (Å²) in [7, 11) is -15.0. The van der Waals surface area contributed by atoms with Crippen LogP contribution in [0.3, 0.4) is 0 Å². The zero-order chi connectivity index (χ0) is 42.3. The number of aryl methyl sites for hydroxylation is 2. The molecule has 0 radical (unpaired) electrons. The molecule has 0 unspecified atom stereocenters. The second-order valence-corrected chi connectivity index (χ2v) is 16.6. The smallest absolute Gasteiger partial charge is 0.872 e. The zero-order valence-corrected chi connectivity index (χ0v) is 41.1. The Hall–Kier alpha value is -3.69. The third kappa shape index (κ3) is 11.9. The summed E-state index contributed by atoms with van der Waals surface area (Å²) in [5.41, 5.74) is 7.26. The van der Waals surface area contributed by atoms with Crippen LogP contribution in [0.4, 0.5) is 39.8 Å². The molecule has 0 heterocycles. The molecule has 19 nitrogen and oxygen atoms in total. The second-order valence-electron chi connectivity index (χ2n) is 12.4. The van der Waals surface area contributed by atoms with Crippen LogP contribution in [0.5, 0.6) is 17.2 Å². The summed E-state index contributed by atoms with van der Waals surface area (Å²) in [4.78, 5) is -2.55. The third-order valence-corrected chi connectivity index (χ3v) is 11.0. The number of fused-ring (bicyclic) bond motifs is 1. The topological polar surface area (TPSA) is 332 Å². The van der Waals surface area contributed by atoms with Crippen LogP contribution in [-0.2, 0) is 30.4 Å². The van der Waals surface area contributed by atoms with Crippen molar-refractivity contribution >= 4 is 80.9 Å².